The molecule has 0 heterocycles. The van der Waals surface area contributed by atoms with Gasteiger partial charge in [-0.2, -0.15) is 0 Å². The average molecular weight is 307 g/mol. The van der Waals surface area contributed by atoms with Gasteiger partial charge in [0.25, 0.3) is 0 Å². The van der Waals surface area contributed by atoms with Crippen LogP contribution in [0, 0.1) is 11.2 Å². The molecule has 1 aromatic carbocycles. The number of hydrogen-bond acceptors (Lipinski definition) is 2. The number of halogens is 1. The number of benzene rings is 1. The first-order valence-corrected chi connectivity index (χ1v) is 7.51. The maximum absolute atomic E-state index is 13.3. The predicted molar refractivity (Wildman–Crippen MR) is 81.0 cm³/mol. The lowest BCUT2D eigenvalue weighted by molar-refractivity contribution is -0.157. The Morgan fingerprint density at radius 3 is 2.55 bits per heavy atom. The lowest BCUT2D eigenvalue weighted by Crippen LogP contribution is -2.44. The summed E-state index contributed by atoms with van der Waals surface area (Å²) in [4.78, 5) is 23.3. The summed E-state index contributed by atoms with van der Waals surface area (Å²) < 4.78 is 13.3. The summed E-state index contributed by atoms with van der Waals surface area (Å²) in [6.07, 6.45) is 1.99. The van der Waals surface area contributed by atoms with E-state index in [9.17, 15) is 19.1 Å². The van der Waals surface area contributed by atoms with Crippen LogP contribution in [0.3, 0.4) is 0 Å². The summed E-state index contributed by atoms with van der Waals surface area (Å²) in [7, 11) is 0. The second-order valence-electron chi connectivity index (χ2n) is 6.79. The van der Waals surface area contributed by atoms with E-state index < -0.39 is 16.8 Å². The van der Waals surface area contributed by atoms with Crippen LogP contribution < -0.4 is 5.32 Å². The highest BCUT2D eigenvalue weighted by Crippen LogP contribution is 2.44. The third kappa shape index (κ3) is 3.46. The zero-order valence-corrected chi connectivity index (χ0v) is 13.0. The second kappa shape index (κ2) is 6.07. The molecule has 22 heavy (non-hydrogen) atoms. The number of nitrogens with one attached hydrogen (secondary N) is 1. The highest BCUT2D eigenvalue weighted by atomic mass is 19.1. The Kier molecular flexibility index (Phi) is 4.54. The molecule has 2 rings (SSSR count). The van der Waals surface area contributed by atoms with Crippen LogP contribution in [0.4, 0.5) is 4.39 Å². The van der Waals surface area contributed by atoms with Crippen LogP contribution in [0.1, 0.15) is 45.1 Å². The first-order valence-electron chi connectivity index (χ1n) is 7.51. The van der Waals surface area contributed by atoms with Crippen molar-refractivity contribution in [2.75, 3.05) is 6.54 Å². The topological polar surface area (TPSA) is 66.4 Å². The normalized spacial score (nSPS) is 16.7. The molecule has 1 aromatic rings. The van der Waals surface area contributed by atoms with Gasteiger partial charge in [0.05, 0.1) is 5.41 Å². The number of carboxylic acids is 1. The van der Waals surface area contributed by atoms with Crippen LogP contribution in [-0.4, -0.2) is 23.5 Å². The fourth-order valence-corrected chi connectivity index (χ4v) is 2.77. The van der Waals surface area contributed by atoms with E-state index in [-0.39, 0.29) is 18.1 Å². The summed E-state index contributed by atoms with van der Waals surface area (Å²) in [5.74, 6) is -1.46. The minimum atomic E-state index is -0.890. The fraction of sp³-hybridized carbons (Fsp3) is 0.529. The third-order valence-corrected chi connectivity index (χ3v) is 4.60. The van der Waals surface area contributed by atoms with Crippen LogP contribution in [-0.2, 0) is 15.0 Å². The molecule has 1 aliphatic carbocycles. The van der Waals surface area contributed by atoms with Crippen LogP contribution in [0.25, 0.3) is 0 Å². The van der Waals surface area contributed by atoms with Gasteiger partial charge >= 0.3 is 5.97 Å². The number of aliphatic carboxylic acids is 1. The molecular weight excluding hydrogens is 285 g/mol. The monoisotopic (exact) mass is 307 g/mol. The third-order valence-electron chi connectivity index (χ3n) is 4.60. The quantitative estimate of drug-likeness (QED) is 0.849. The standard InChI is InChI=1S/C17H22FNO3/c1-16(2,12-5-3-6-13(18)9-12)11-19-14(20)10-17(15(21)22)7-4-8-17/h3,5-6,9H,4,7-8,10-11H2,1-2H3,(H,19,20)(H,21,22). The minimum absolute atomic E-state index is 0.0154. The largest absolute Gasteiger partial charge is 0.481 e. The number of carbonyl (C=O) groups excluding carboxylic acids is 1. The van der Waals surface area contributed by atoms with Crippen LogP contribution in [0.2, 0.25) is 0 Å². The number of carbonyl (C=O) groups is 2. The zero-order valence-electron chi connectivity index (χ0n) is 13.0. The van der Waals surface area contributed by atoms with Crippen molar-refractivity contribution in [2.45, 2.75) is 44.9 Å². The maximum atomic E-state index is 13.3. The minimum Gasteiger partial charge on any atom is -0.481 e. The van der Waals surface area contributed by atoms with E-state index in [0.717, 1.165) is 12.0 Å². The van der Waals surface area contributed by atoms with Gasteiger partial charge in [-0.15, -0.1) is 0 Å². The fourth-order valence-electron chi connectivity index (χ4n) is 2.77. The van der Waals surface area contributed by atoms with Crippen molar-refractivity contribution in [3.05, 3.63) is 35.6 Å². The molecule has 0 aliphatic heterocycles. The van der Waals surface area contributed by atoms with E-state index in [0.29, 0.717) is 19.4 Å². The molecule has 0 aromatic heterocycles. The molecule has 1 fully saturated rings. The lowest BCUT2D eigenvalue weighted by Gasteiger charge is -2.37. The van der Waals surface area contributed by atoms with Crippen molar-refractivity contribution in [1.82, 2.24) is 5.32 Å². The summed E-state index contributed by atoms with van der Waals surface area (Å²) in [6, 6.07) is 6.30. The summed E-state index contributed by atoms with van der Waals surface area (Å²) in [6.45, 7) is 4.17. The average Bonchev–Trinajstić information content (AvgIpc) is 2.40. The van der Waals surface area contributed by atoms with Crippen LogP contribution in [0.15, 0.2) is 24.3 Å². The Morgan fingerprint density at radius 2 is 2.05 bits per heavy atom. The van der Waals surface area contributed by atoms with Gasteiger partial charge in [-0.25, -0.2) is 4.39 Å². The van der Waals surface area contributed by atoms with E-state index in [2.05, 4.69) is 5.32 Å². The first kappa shape index (κ1) is 16.5. The van der Waals surface area contributed by atoms with E-state index in [1.54, 1.807) is 6.07 Å². The Balaban J connectivity index is 1.94. The van der Waals surface area contributed by atoms with Crippen molar-refractivity contribution < 1.29 is 19.1 Å². The molecule has 5 heteroatoms. The molecule has 120 valence electrons. The summed E-state index contributed by atoms with van der Waals surface area (Å²) in [5, 5.41) is 12.0. The highest BCUT2D eigenvalue weighted by molar-refractivity contribution is 5.85. The zero-order chi connectivity index (χ0) is 16.4. The first-order chi connectivity index (χ1) is 10.3. The number of hydrogen-bond donors (Lipinski definition) is 2. The molecule has 0 saturated heterocycles. The highest BCUT2D eigenvalue weighted by Gasteiger charge is 2.45. The Labute approximate surface area is 129 Å². The van der Waals surface area contributed by atoms with Crippen molar-refractivity contribution in [3.63, 3.8) is 0 Å². The number of carboxylic acid groups (broad SMARTS) is 1. The molecule has 4 nitrogen and oxygen atoms in total. The van der Waals surface area contributed by atoms with Gasteiger partial charge in [0, 0.05) is 18.4 Å². The van der Waals surface area contributed by atoms with E-state index in [4.69, 9.17) is 0 Å². The molecule has 0 unspecified atom stereocenters. The number of amides is 1. The van der Waals surface area contributed by atoms with Crippen molar-refractivity contribution >= 4 is 11.9 Å². The van der Waals surface area contributed by atoms with Gasteiger partial charge in [-0.3, -0.25) is 9.59 Å². The summed E-state index contributed by atoms with van der Waals surface area (Å²) >= 11 is 0. The molecule has 1 amide bonds. The van der Waals surface area contributed by atoms with Gasteiger partial charge in [-0.1, -0.05) is 32.4 Å². The summed E-state index contributed by atoms with van der Waals surface area (Å²) in [5.41, 5.74) is -0.509. The molecule has 0 spiro atoms. The van der Waals surface area contributed by atoms with Gasteiger partial charge < -0.3 is 10.4 Å². The Hall–Kier alpha value is -1.91. The van der Waals surface area contributed by atoms with Crippen molar-refractivity contribution in [3.8, 4) is 0 Å². The lowest BCUT2D eigenvalue weighted by atomic mass is 9.66. The molecule has 2 N–H and O–H groups in total. The van der Waals surface area contributed by atoms with E-state index in [1.807, 2.05) is 19.9 Å². The van der Waals surface area contributed by atoms with Gasteiger partial charge in [-0.05, 0) is 30.5 Å². The van der Waals surface area contributed by atoms with Crippen LogP contribution in [0.5, 0.6) is 0 Å². The van der Waals surface area contributed by atoms with Crippen LogP contribution >= 0.6 is 0 Å². The maximum Gasteiger partial charge on any atom is 0.310 e. The van der Waals surface area contributed by atoms with Gasteiger partial charge in [0.1, 0.15) is 5.82 Å². The van der Waals surface area contributed by atoms with E-state index >= 15 is 0 Å². The molecule has 0 bridgehead atoms. The molecule has 0 radical (unpaired) electrons. The molecule has 1 aliphatic rings. The van der Waals surface area contributed by atoms with Crippen molar-refractivity contribution in [1.29, 1.82) is 0 Å². The second-order valence-corrected chi connectivity index (χ2v) is 6.79. The van der Waals surface area contributed by atoms with Gasteiger partial charge in [0.2, 0.25) is 5.91 Å². The van der Waals surface area contributed by atoms with Crippen molar-refractivity contribution in [2.24, 2.45) is 5.41 Å². The Morgan fingerprint density at radius 1 is 1.36 bits per heavy atom. The van der Waals surface area contributed by atoms with Gasteiger partial charge in [0.15, 0.2) is 0 Å². The predicted octanol–water partition coefficient (Wildman–Crippen LogP) is 2.86. The Bertz CT molecular complexity index is 579. The molecule has 0 atom stereocenters. The molecule has 1 saturated carbocycles. The number of rotatable bonds is 6. The smallest absolute Gasteiger partial charge is 0.310 e. The molecular formula is C17H22FNO3. The SMILES string of the molecule is CC(C)(CNC(=O)CC1(C(=O)O)CCC1)c1cccc(F)c1. The van der Waals surface area contributed by atoms with E-state index in [1.165, 1.54) is 12.1 Å².